The summed E-state index contributed by atoms with van der Waals surface area (Å²) in [7, 11) is 0. The quantitative estimate of drug-likeness (QED) is 0.392. The Morgan fingerprint density at radius 1 is 1.00 bits per heavy atom. The minimum atomic E-state index is -1.02. The van der Waals surface area contributed by atoms with Crippen molar-refractivity contribution in [3.63, 3.8) is 0 Å². The summed E-state index contributed by atoms with van der Waals surface area (Å²) in [6, 6.07) is 5.63. The highest BCUT2D eigenvalue weighted by Gasteiger charge is 2.10. The number of hydrogen-bond acceptors (Lipinski definition) is 2. The van der Waals surface area contributed by atoms with Crippen LogP contribution in [0, 0.1) is 23.3 Å². The van der Waals surface area contributed by atoms with Crippen LogP contribution in [-0.4, -0.2) is 10.9 Å². The average molecular weight is 310 g/mol. The van der Waals surface area contributed by atoms with Crippen LogP contribution in [0.25, 0.3) is 5.76 Å². The summed E-state index contributed by atoms with van der Waals surface area (Å²) in [5.74, 6) is -4.82. The molecule has 0 saturated heterocycles. The monoisotopic (exact) mass is 310 g/mol. The van der Waals surface area contributed by atoms with Crippen LogP contribution in [0.5, 0.6) is 0 Å². The molecule has 0 radical (unpaired) electrons. The topological polar surface area (TPSA) is 58.6 Å². The first kappa shape index (κ1) is 15.6. The van der Waals surface area contributed by atoms with Crippen LogP contribution < -0.4 is 5.73 Å². The molecule has 2 aromatic carbocycles. The molecule has 114 valence electrons. The van der Waals surface area contributed by atoms with Gasteiger partial charge in [-0.25, -0.2) is 22.6 Å². The molecule has 0 bridgehead atoms. The fourth-order valence-corrected chi connectivity index (χ4v) is 1.67. The van der Waals surface area contributed by atoms with Crippen LogP contribution in [0.15, 0.2) is 47.5 Å². The van der Waals surface area contributed by atoms with E-state index in [9.17, 15) is 22.7 Å². The number of rotatable bonds is 3. The van der Waals surface area contributed by atoms with E-state index in [1.54, 1.807) is 0 Å². The zero-order chi connectivity index (χ0) is 16.3. The molecule has 3 N–H and O–H groups in total. The fourth-order valence-electron chi connectivity index (χ4n) is 1.67. The van der Waals surface area contributed by atoms with Crippen molar-refractivity contribution in [1.82, 2.24) is 0 Å². The zero-order valence-electron chi connectivity index (χ0n) is 11.0. The van der Waals surface area contributed by atoms with Gasteiger partial charge in [0.2, 0.25) is 0 Å². The Balaban J connectivity index is 2.37. The van der Waals surface area contributed by atoms with Crippen LogP contribution >= 0.6 is 0 Å². The maximum atomic E-state index is 13.5. The summed E-state index contributed by atoms with van der Waals surface area (Å²) in [5.41, 5.74) is 4.48. The molecule has 0 aliphatic carbocycles. The lowest BCUT2D eigenvalue weighted by molar-refractivity contribution is 0.500. The predicted molar refractivity (Wildman–Crippen MR) is 74.6 cm³/mol. The van der Waals surface area contributed by atoms with Gasteiger partial charge in [0.15, 0.2) is 11.6 Å². The Kier molecular flexibility index (Phi) is 4.45. The van der Waals surface area contributed by atoms with E-state index in [1.807, 2.05) is 0 Å². The summed E-state index contributed by atoms with van der Waals surface area (Å²) >= 11 is 0. The minimum Gasteiger partial charge on any atom is -0.507 e. The second kappa shape index (κ2) is 6.30. The van der Waals surface area contributed by atoms with E-state index in [4.69, 9.17) is 5.73 Å². The van der Waals surface area contributed by atoms with Gasteiger partial charge in [0, 0.05) is 12.1 Å². The van der Waals surface area contributed by atoms with Crippen molar-refractivity contribution < 1.29 is 22.7 Å². The van der Waals surface area contributed by atoms with Gasteiger partial charge < -0.3 is 10.8 Å². The van der Waals surface area contributed by atoms with Crippen molar-refractivity contribution in [1.29, 1.82) is 0 Å². The highest BCUT2D eigenvalue weighted by molar-refractivity contribution is 5.98. The Morgan fingerprint density at radius 3 is 2.23 bits per heavy atom. The average Bonchev–Trinajstić information content (AvgIpc) is 2.42. The molecular formula is C15H10F4N2O. The fraction of sp³-hybridized carbons (Fsp3) is 0. The van der Waals surface area contributed by atoms with Crippen LogP contribution in [0.1, 0.15) is 5.56 Å². The number of benzene rings is 2. The Hall–Kier alpha value is -2.83. The van der Waals surface area contributed by atoms with E-state index < -0.39 is 40.6 Å². The summed E-state index contributed by atoms with van der Waals surface area (Å²) in [6.07, 6.45) is 0.808. The number of aliphatic hydroxyl groups is 1. The summed E-state index contributed by atoms with van der Waals surface area (Å²) in [6.45, 7) is 0. The van der Waals surface area contributed by atoms with Gasteiger partial charge in [-0.3, -0.25) is 0 Å². The van der Waals surface area contributed by atoms with Crippen molar-refractivity contribution in [3.05, 3.63) is 71.3 Å². The molecule has 7 heteroatoms. The number of amidine groups is 1. The van der Waals surface area contributed by atoms with Gasteiger partial charge in [0.05, 0.1) is 5.56 Å². The summed E-state index contributed by atoms with van der Waals surface area (Å²) < 4.78 is 53.0. The largest absolute Gasteiger partial charge is 0.507 e. The SMILES string of the molecule is NC(/C=C(\O)c1ccc(F)cc1F)=Nc1c(F)cccc1F. The van der Waals surface area contributed by atoms with Crippen molar-refractivity contribution >= 4 is 17.3 Å². The number of halogens is 4. The maximum Gasteiger partial charge on any atom is 0.151 e. The van der Waals surface area contributed by atoms with Crippen molar-refractivity contribution in [2.45, 2.75) is 0 Å². The Labute approximate surface area is 123 Å². The van der Waals surface area contributed by atoms with E-state index in [2.05, 4.69) is 4.99 Å². The molecule has 0 aliphatic heterocycles. The third kappa shape index (κ3) is 3.43. The molecule has 0 saturated carbocycles. The number of hydrogen-bond donors (Lipinski definition) is 2. The Bertz CT molecular complexity index is 752. The first-order valence-electron chi connectivity index (χ1n) is 6.02. The molecule has 0 unspecified atom stereocenters. The van der Waals surface area contributed by atoms with E-state index in [-0.39, 0.29) is 5.56 Å². The van der Waals surface area contributed by atoms with E-state index in [0.717, 1.165) is 36.4 Å². The first-order chi connectivity index (χ1) is 10.4. The van der Waals surface area contributed by atoms with Gasteiger partial charge >= 0.3 is 0 Å². The first-order valence-corrected chi connectivity index (χ1v) is 6.02. The number of nitrogens with zero attached hydrogens (tertiary/aromatic N) is 1. The molecule has 0 amide bonds. The van der Waals surface area contributed by atoms with Gasteiger partial charge in [0.1, 0.15) is 28.9 Å². The summed E-state index contributed by atoms with van der Waals surface area (Å²) in [5, 5.41) is 9.73. The van der Waals surface area contributed by atoms with E-state index in [0.29, 0.717) is 6.07 Å². The molecule has 0 spiro atoms. The van der Waals surface area contributed by atoms with Crippen molar-refractivity contribution in [3.8, 4) is 0 Å². The van der Waals surface area contributed by atoms with Gasteiger partial charge in [-0.2, -0.15) is 0 Å². The lowest BCUT2D eigenvalue weighted by Gasteiger charge is -2.03. The van der Waals surface area contributed by atoms with E-state index >= 15 is 0 Å². The van der Waals surface area contributed by atoms with Crippen LogP contribution in [0.3, 0.4) is 0 Å². The molecule has 0 aromatic heterocycles. The number of aliphatic hydroxyl groups excluding tert-OH is 1. The highest BCUT2D eigenvalue weighted by Crippen LogP contribution is 2.22. The van der Waals surface area contributed by atoms with Crippen LogP contribution in [-0.2, 0) is 0 Å². The summed E-state index contributed by atoms with van der Waals surface area (Å²) in [4.78, 5) is 3.48. The molecule has 3 nitrogen and oxygen atoms in total. The zero-order valence-corrected chi connectivity index (χ0v) is 11.0. The van der Waals surface area contributed by atoms with Gasteiger partial charge in [-0.05, 0) is 24.3 Å². The predicted octanol–water partition coefficient (Wildman–Crippen LogP) is 3.83. The van der Waals surface area contributed by atoms with Gasteiger partial charge in [0.25, 0.3) is 0 Å². The molecule has 2 rings (SSSR count). The smallest absolute Gasteiger partial charge is 0.151 e. The second-order valence-corrected chi connectivity index (χ2v) is 4.26. The van der Waals surface area contributed by atoms with Crippen molar-refractivity contribution in [2.24, 2.45) is 10.7 Å². The third-order valence-electron chi connectivity index (χ3n) is 2.67. The number of nitrogens with two attached hydrogens (primary N) is 1. The highest BCUT2D eigenvalue weighted by atomic mass is 19.1. The van der Waals surface area contributed by atoms with Gasteiger partial charge in [-0.15, -0.1) is 0 Å². The lowest BCUT2D eigenvalue weighted by Crippen LogP contribution is -2.09. The second-order valence-electron chi connectivity index (χ2n) is 4.26. The van der Waals surface area contributed by atoms with Crippen LogP contribution in [0.4, 0.5) is 23.2 Å². The standard InChI is InChI=1S/C15H10F4N2O/c16-8-4-5-9(12(19)6-8)13(22)7-14(20)21-15-10(17)2-1-3-11(15)18/h1-7,22H,(H2,20,21)/b13-7-. The van der Waals surface area contributed by atoms with Crippen molar-refractivity contribution in [2.75, 3.05) is 0 Å². The molecule has 0 atom stereocenters. The molecular weight excluding hydrogens is 300 g/mol. The maximum absolute atomic E-state index is 13.5. The molecule has 0 aliphatic rings. The normalized spacial score (nSPS) is 12.5. The lowest BCUT2D eigenvalue weighted by atomic mass is 10.1. The minimum absolute atomic E-state index is 0.325. The number of aliphatic imine (C=N–C) groups is 1. The van der Waals surface area contributed by atoms with Crippen LogP contribution in [0.2, 0.25) is 0 Å². The van der Waals surface area contributed by atoms with E-state index in [1.165, 1.54) is 0 Å². The molecule has 0 heterocycles. The number of para-hydroxylation sites is 1. The molecule has 22 heavy (non-hydrogen) atoms. The molecule has 2 aromatic rings. The third-order valence-corrected chi connectivity index (χ3v) is 2.67. The Morgan fingerprint density at radius 2 is 1.64 bits per heavy atom. The van der Waals surface area contributed by atoms with Gasteiger partial charge in [-0.1, -0.05) is 6.07 Å². The molecule has 0 fully saturated rings.